The maximum atomic E-state index is 12.9. The van der Waals surface area contributed by atoms with Crippen LogP contribution in [0.15, 0.2) is 18.2 Å². The molecule has 0 unspecified atom stereocenters. The van der Waals surface area contributed by atoms with E-state index in [1.54, 1.807) is 20.8 Å². The lowest BCUT2D eigenvalue weighted by atomic mass is 9.76. The Morgan fingerprint density at radius 3 is 2.24 bits per heavy atom. The summed E-state index contributed by atoms with van der Waals surface area (Å²) in [5.74, 6) is -1.68. The molecule has 1 aliphatic carbocycles. The number of carbonyl (C=O) groups excluding carboxylic acids is 1. The van der Waals surface area contributed by atoms with Gasteiger partial charge in [0.1, 0.15) is 5.60 Å². The Labute approximate surface area is 155 Å². The highest BCUT2D eigenvalue weighted by atomic mass is 79.9. The van der Waals surface area contributed by atoms with Gasteiger partial charge in [0.15, 0.2) is 0 Å². The molecule has 0 bridgehead atoms. The molecular formula is C19H24BrF3O2. The van der Waals surface area contributed by atoms with E-state index in [-0.39, 0.29) is 18.8 Å². The maximum Gasteiger partial charge on any atom is 0.391 e. The quantitative estimate of drug-likeness (QED) is 0.419. The van der Waals surface area contributed by atoms with Crippen molar-refractivity contribution in [2.75, 3.05) is 0 Å². The van der Waals surface area contributed by atoms with Gasteiger partial charge in [-0.2, -0.15) is 13.2 Å². The van der Waals surface area contributed by atoms with E-state index in [0.29, 0.717) is 23.7 Å². The van der Waals surface area contributed by atoms with E-state index in [4.69, 9.17) is 4.74 Å². The van der Waals surface area contributed by atoms with Crippen LogP contribution in [-0.4, -0.2) is 17.7 Å². The van der Waals surface area contributed by atoms with Crippen LogP contribution in [0.5, 0.6) is 0 Å². The summed E-state index contributed by atoms with van der Waals surface area (Å²) in [6.07, 6.45) is -3.03. The molecular weight excluding hydrogens is 397 g/mol. The molecule has 0 atom stereocenters. The van der Waals surface area contributed by atoms with Crippen molar-refractivity contribution in [3.05, 3.63) is 34.9 Å². The van der Waals surface area contributed by atoms with Crippen molar-refractivity contribution in [2.24, 2.45) is 5.92 Å². The number of hydrogen-bond donors (Lipinski definition) is 0. The predicted octanol–water partition coefficient (Wildman–Crippen LogP) is 6.37. The topological polar surface area (TPSA) is 26.3 Å². The number of alkyl halides is 4. The van der Waals surface area contributed by atoms with Crippen molar-refractivity contribution in [1.29, 1.82) is 0 Å². The fraction of sp³-hybridized carbons (Fsp3) is 0.632. The van der Waals surface area contributed by atoms with E-state index >= 15 is 0 Å². The second-order valence-electron chi connectivity index (χ2n) is 7.61. The number of benzene rings is 1. The molecule has 1 aromatic rings. The number of carbonyl (C=O) groups is 1. The second-order valence-corrected chi connectivity index (χ2v) is 8.17. The minimum atomic E-state index is -4.13. The predicted molar refractivity (Wildman–Crippen MR) is 95.0 cm³/mol. The SMILES string of the molecule is CC(C)(C)OC(=O)c1c(CBr)cccc1C1CCC(C(F)(F)F)CC1. The van der Waals surface area contributed by atoms with E-state index in [2.05, 4.69) is 15.9 Å². The number of ether oxygens (including phenoxy) is 1. The molecule has 1 aliphatic rings. The highest BCUT2D eigenvalue weighted by Gasteiger charge is 2.42. The van der Waals surface area contributed by atoms with Gasteiger partial charge in [-0.3, -0.25) is 0 Å². The molecule has 6 heteroatoms. The third kappa shape index (κ3) is 5.22. The Morgan fingerprint density at radius 2 is 1.76 bits per heavy atom. The van der Waals surface area contributed by atoms with Gasteiger partial charge >= 0.3 is 12.1 Å². The van der Waals surface area contributed by atoms with E-state index in [9.17, 15) is 18.0 Å². The Kier molecular flexibility index (Phi) is 6.23. The number of hydrogen-bond acceptors (Lipinski definition) is 2. The van der Waals surface area contributed by atoms with Crippen LogP contribution in [0.4, 0.5) is 13.2 Å². The smallest absolute Gasteiger partial charge is 0.391 e. The van der Waals surface area contributed by atoms with Gasteiger partial charge in [0, 0.05) is 5.33 Å². The molecule has 0 N–H and O–H groups in total. The van der Waals surface area contributed by atoms with Crippen LogP contribution >= 0.6 is 15.9 Å². The summed E-state index contributed by atoms with van der Waals surface area (Å²) in [7, 11) is 0. The number of rotatable bonds is 3. The Morgan fingerprint density at radius 1 is 1.16 bits per heavy atom. The van der Waals surface area contributed by atoms with E-state index in [1.165, 1.54) is 0 Å². The molecule has 1 saturated carbocycles. The fourth-order valence-electron chi connectivity index (χ4n) is 3.38. The fourth-order valence-corrected chi connectivity index (χ4v) is 3.85. The average molecular weight is 421 g/mol. The summed E-state index contributed by atoms with van der Waals surface area (Å²) in [6, 6.07) is 5.55. The van der Waals surface area contributed by atoms with Gasteiger partial charge in [-0.1, -0.05) is 34.1 Å². The molecule has 140 valence electrons. The molecule has 2 nitrogen and oxygen atoms in total. The normalized spacial score (nSPS) is 21.9. The van der Waals surface area contributed by atoms with E-state index in [1.807, 2.05) is 18.2 Å². The molecule has 0 aliphatic heterocycles. The zero-order valence-corrected chi connectivity index (χ0v) is 16.3. The van der Waals surface area contributed by atoms with Gasteiger partial charge in [0.05, 0.1) is 11.5 Å². The lowest BCUT2D eigenvalue weighted by Gasteiger charge is -2.31. The van der Waals surface area contributed by atoms with Crippen molar-refractivity contribution in [2.45, 2.75) is 69.5 Å². The first-order valence-corrected chi connectivity index (χ1v) is 9.63. The van der Waals surface area contributed by atoms with Crippen LogP contribution < -0.4 is 0 Å². The van der Waals surface area contributed by atoms with Gasteiger partial charge in [-0.25, -0.2) is 4.79 Å². The van der Waals surface area contributed by atoms with E-state index in [0.717, 1.165) is 11.1 Å². The Hall–Kier alpha value is -1.04. The van der Waals surface area contributed by atoms with Crippen molar-refractivity contribution < 1.29 is 22.7 Å². The highest BCUT2D eigenvalue weighted by molar-refractivity contribution is 9.08. The summed E-state index contributed by atoms with van der Waals surface area (Å²) in [5.41, 5.74) is 1.50. The van der Waals surface area contributed by atoms with Gasteiger partial charge in [-0.05, 0) is 63.5 Å². The molecule has 25 heavy (non-hydrogen) atoms. The molecule has 2 rings (SSSR count). The summed E-state index contributed by atoms with van der Waals surface area (Å²) in [5, 5.41) is 0.493. The summed E-state index contributed by atoms with van der Waals surface area (Å²) in [6.45, 7) is 5.40. The second kappa shape index (κ2) is 7.68. The zero-order valence-electron chi connectivity index (χ0n) is 14.8. The monoisotopic (exact) mass is 420 g/mol. The van der Waals surface area contributed by atoms with Gasteiger partial charge in [0.25, 0.3) is 0 Å². The van der Waals surface area contributed by atoms with Crippen LogP contribution in [0.1, 0.15) is 73.9 Å². The molecule has 0 aromatic heterocycles. The molecule has 0 radical (unpaired) electrons. The van der Waals surface area contributed by atoms with Crippen LogP contribution in [-0.2, 0) is 10.1 Å². The lowest BCUT2D eigenvalue weighted by Crippen LogP contribution is -2.29. The minimum Gasteiger partial charge on any atom is -0.456 e. The third-order valence-electron chi connectivity index (χ3n) is 4.56. The van der Waals surface area contributed by atoms with Crippen LogP contribution in [0.3, 0.4) is 0 Å². The lowest BCUT2D eigenvalue weighted by molar-refractivity contribution is -0.182. The van der Waals surface area contributed by atoms with Gasteiger partial charge in [0.2, 0.25) is 0 Å². The first kappa shape index (κ1) is 20.3. The van der Waals surface area contributed by atoms with Crippen molar-refractivity contribution in [3.63, 3.8) is 0 Å². The largest absolute Gasteiger partial charge is 0.456 e. The van der Waals surface area contributed by atoms with E-state index < -0.39 is 23.7 Å². The Balaban J connectivity index is 2.28. The van der Waals surface area contributed by atoms with Crippen LogP contribution in [0.25, 0.3) is 0 Å². The average Bonchev–Trinajstić information content (AvgIpc) is 2.51. The van der Waals surface area contributed by atoms with Crippen LogP contribution in [0, 0.1) is 5.92 Å². The minimum absolute atomic E-state index is 0.0416. The standard InChI is InChI=1S/C19H24BrF3O2/c1-18(2,3)25-17(24)16-13(11-20)5-4-6-15(16)12-7-9-14(10-8-12)19(21,22)23/h4-6,12,14H,7-11H2,1-3H3. The third-order valence-corrected chi connectivity index (χ3v) is 5.16. The number of halogens is 4. The molecule has 0 amide bonds. The van der Waals surface area contributed by atoms with Crippen molar-refractivity contribution in [3.8, 4) is 0 Å². The van der Waals surface area contributed by atoms with Crippen molar-refractivity contribution >= 4 is 21.9 Å². The summed E-state index contributed by atoms with van der Waals surface area (Å²) < 4.78 is 44.2. The molecule has 0 saturated heterocycles. The molecule has 0 spiro atoms. The van der Waals surface area contributed by atoms with Gasteiger partial charge in [-0.15, -0.1) is 0 Å². The zero-order chi connectivity index (χ0) is 18.8. The summed E-state index contributed by atoms with van der Waals surface area (Å²) in [4.78, 5) is 12.7. The van der Waals surface area contributed by atoms with Crippen molar-refractivity contribution in [1.82, 2.24) is 0 Å². The molecule has 0 heterocycles. The summed E-state index contributed by atoms with van der Waals surface area (Å²) >= 11 is 3.39. The number of esters is 1. The maximum absolute atomic E-state index is 12.9. The van der Waals surface area contributed by atoms with Crippen LogP contribution in [0.2, 0.25) is 0 Å². The molecule has 1 aromatic carbocycles. The Bertz CT molecular complexity index is 612. The highest BCUT2D eigenvalue weighted by Crippen LogP contribution is 2.44. The first-order valence-electron chi connectivity index (χ1n) is 8.50. The van der Waals surface area contributed by atoms with Gasteiger partial charge < -0.3 is 4.74 Å². The first-order chi connectivity index (χ1) is 11.5. The molecule has 1 fully saturated rings.